The molecule has 0 bridgehead atoms. The van der Waals surface area contributed by atoms with Gasteiger partial charge in [-0.25, -0.2) is 9.59 Å². The van der Waals surface area contributed by atoms with Crippen LogP contribution in [-0.4, -0.2) is 44.0 Å². The largest absolute Gasteiger partial charge is 0.479 e. The lowest BCUT2D eigenvalue weighted by Gasteiger charge is -2.41. The molecule has 0 aliphatic heterocycles. The van der Waals surface area contributed by atoms with E-state index in [0.29, 0.717) is 29.4 Å². The smallest absolute Gasteiger partial charge is 0.329 e. The number of imidazole rings is 1. The molecule has 1 aromatic carbocycles. The second-order valence-corrected chi connectivity index (χ2v) is 6.48. The van der Waals surface area contributed by atoms with Crippen molar-refractivity contribution in [3.05, 3.63) is 34.2 Å². The number of hydrogen-bond acceptors (Lipinski definition) is 3. The molecule has 128 valence electrons. The lowest BCUT2D eigenvalue weighted by atomic mass is 9.80. The van der Waals surface area contributed by atoms with Crippen molar-refractivity contribution in [1.82, 2.24) is 14.5 Å². The number of rotatable bonds is 3. The summed E-state index contributed by atoms with van der Waals surface area (Å²) >= 11 is 0. The number of carbonyl (C=O) groups excluding carboxylic acids is 1. The highest BCUT2D eigenvalue weighted by Gasteiger charge is 2.45. The van der Waals surface area contributed by atoms with Gasteiger partial charge >= 0.3 is 11.7 Å². The lowest BCUT2D eigenvalue weighted by molar-refractivity contribution is -0.151. The Morgan fingerprint density at radius 3 is 2.54 bits per heavy atom. The number of amides is 1. The van der Waals surface area contributed by atoms with E-state index in [1.807, 2.05) is 0 Å². The maximum absolute atomic E-state index is 12.9. The molecule has 24 heavy (non-hydrogen) atoms. The van der Waals surface area contributed by atoms with Gasteiger partial charge in [-0.05, 0) is 31.0 Å². The molecule has 1 heterocycles. The molecular weight excluding hydrogens is 310 g/mol. The first kappa shape index (κ1) is 16.3. The van der Waals surface area contributed by atoms with Gasteiger partial charge in [0, 0.05) is 19.7 Å². The number of fused-ring (bicyclic) bond motifs is 1. The summed E-state index contributed by atoms with van der Waals surface area (Å²) in [6.07, 6.45) is 3.53. The van der Waals surface area contributed by atoms with E-state index in [9.17, 15) is 19.5 Å². The van der Waals surface area contributed by atoms with Crippen LogP contribution in [-0.2, 0) is 11.8 Å². The number of hydrogen-bond donors (Lipinski definition) is 2. The molecule has 1 aromatic heterocycles. The Morgan fingerprint density at radius 1 is 1.25 bits per heavy atom. The summed E-state index contributed by atoms with van der Waals surface area (Å²) in [6, 6.07) is 4.92. The molecule has 3 rings (SSSR count). The van der Waals surface area contributed by atoms with Crippen molar-refractivity contribution >= 4 is 22.9 Å². The Balaban J connectivity index is 1.99. The summed E-state index contributed by atoms with van der Waals surface area (Å²) in [5.74, 6) is -1.29. The minimum absolute atomic E-state index is 0.253. The number of carbonyl (C=O) groups is 2. The molecule has 1 saturated carbocycles. The van der Waals surface area contributed by atoms with Crippen LogP contribution in [0.4, 0.5) is 0 Å². The summed E-state index contributed by atoms with van der Waals surface area (Å²) < 4.78 is 1.43. The zero-order valence-electron chi connectivity index (χ0n) is 13.8. The quantitative estimate of drug-likeness (QED) is 0.895. The van der Waals surface area contributed by atoms with Crippen LogP contribution in [0.15, 0.2) is 23.0 Å². The molecule has 2 N–H and O–H groups in total. The second kappa shape index (κ2) is 5.81. The number of nitrogens with zero attached hydrogens (tertiary/aromatic N) is 2. The highest BCUT2D eigenvalue weighted by atomic mass is 16.4. The Labute approximate surface area is 138 Å². The summed E-state index contributed by atoms with van der Waals surface area (Å²) in [4.78, 5) is 40.5. The monoisotopic (exact) mass is 331 g/mol. The van der Waals surface area contributed by atoms with Gasteiger partial charge in [0.15, 0.2) is 0 Å². The van der Waals surface area contributed by atoms with E-state index in [1.165, 1.54) is 9.47 Å². The third-order valence-corrected chi connectivity index (χ3v) is 5.18. The SMILES string of the molecule is CN(C(=O)c1ccc2[nH]c(=O)n(C)c2c1)C1(C(=O)O)CCCCC1. The van der Waals surface area contributed by atoms with Gasteiger partial charge < -0.3 is 15.0 Å². The van der Waals surface area contributed by atoms with Crippen molar-refractivity contribution in [1.29, 1.82) is 0 Å². The molecular formula is C17H21N3O4. The number of benzene rings is 1. The van der Waals surface area contributed by atoms with Gasteiger partial charge in [0.2, 0.25) is 0 Å². The van der Waals surface area contributed by atoms with Crippen molar-refractivity contribution in [2.45, 2.75) is 37.6 Å². The van der Waals surface area contributed by atoms with E-state index in [4.69, 9.17) is 0 Å². The highest BCUT2D eigenvalue weighted by Crippen LogP contribution is 2.34. The van der Waals surface area contributed by atoms with Gasteiger partial charge in [-0.1, -0.05) is 19.3 Å². The van der Waals surface area contributed by atoms with Crippen LogP contribution in [0, 0.1) is 0 Å². The van der Waals surface area contributed by atoms with Gasteiger partial charge in [-0.2, -0.15) is 0 Å². The van der Waals surface area contributed by atoms with Crippen LogP contribution < -0.4 is 5.69 Å². The molecule has 0 saturated heterocycles. The summed E-state index contributed by atoms with van der Waals surface area (Å²) in [7, 11) is 3.18. The topological polar surface area (TPSA) is 95.4 Å². The fraction of sp³-hybridized carbons (Fsp3) is 0.471. The zero-order valence-corrected chi connectivity index (χ0v) is 13.8. The van der Waals surface area contributed by atoms with Crippen LogP contribution in [0.25, 0.3) is 11.0 Å². The van der Waals surface area contributed by atoms with Crippen LogP contribution in [0.1, 0.15) is 42.5 Å². The number of aromatic amines is 1. The number of H-pyrrole nitrogens is 1. The van der Waals surface area contributed by atoms with Crippen molar-refractivity contribution in [2.24, 2.45) is 7.05 Å². The summed E-state index contributed by atoms with van der Waals surface area (Å²) in [6.45, 7) is 0. The molecule has 7 heteroatoms. The number of carboxylic acid groups (broad SMARTS) is 1. The molecule has 1 amide bonds. The average Bonchev–Trinajstić information content (AvgIpc) is 2.88. The number of likely N-dealkylation sites (N-methyl/N-ethyl adjacent to an activating group) is 1. The first-order chi connectivity index (χ1) is 11.4. The molecule has 0 unspecified atom stereocenters. The molecule has 0 atom stereocenters. The first-order valence-corrected chi connectivity index (χ1v) is 8.07. The van der Waals surface area contributed by atoms with E-state index in [1.54, 1.807) is 32.3 Å². The minimum Gasteiger partial charge on any atom is -0.479 e. The van der Waals surface area contributed by atoms with Crippen molar-refractivity contribution in [3.8, 4) is 0 Å². The maximum atomic E-state index is 12.9. The number of aromatic nitrogens is 2. The Hall–Kier alpha value is -2.57. The number of aryl methyl sites for hydroxylation is 1. The predicted octanol–water partition coefficient (Wildman–Crippen LogP) is 1.73. The van der Waals surface area contributed by atoms with E-state index in [-0.39, 0.29) is 11.6 Å². The molecule has 0 spiro atoms. The van der Waals surface area contributed by atoms with Crippen molar-refractivity contribution in [2.75, 3.05) is 7.05 Å². The van der Waals surface area contributed by atoms with E-state index < -0.39 is 11.5 Å². The fourth-order valence-corrected chi connectivity index (χ4v) is 3.57. The zero-order chi connectivity index (χ0) is 17.5. The van der Waals surface area contributed by atoms with Gasteiger partial charge in [0.05, 0.1) is 11.0 Å². The minimum atomic E-state index is -1.14. The van der Waals surface area contributed by atoms with Crippen LogP contribution in [0.2, 0.25) is 0 Å². The Morgan fingerprint density at radius 2 is 1.92 bits per heavy atom. The van der Waals surface area contributed by atoms with Crippen LogP contribution >= 0.6 is 0 Å². The third kappa shape index (κ3) is 2.40. The number of aliphatic carboxylic acids is 1. The van der Waals surface area contributed by atoms with Crippen molar-refractivity contribution < 1.29 is 14.7 Å². The normalized spacial score (nSPS) is 16.9. The molecule has 1 fully saturated rings. The molecule has 1 aliphatic rings. The molecule has 7 nitrogen and oxygen atoms in total. The third-order valence-electron chi connectivity index (χ3n) is 5.18. The van der Waals surface area contributed by atoms with E-state index >= 15 is 0 Å². The van der Waals surface area contributed by atoms with Crippen LogP contribution in [0.5, 0.6) is 0 Å². The first-order valence-electron chi connectivity index (χ1n) is 8.07. The number of carboxylic acids is 1. The van der Waals surface area contributed by atoms with Gasteiger partial charge in [0.25, 0.3) is 5.91 Å². The second-order valence-electron chi connectivity index (χ2n) is 6.48. The van der Waals surface area contributed by atoms with E-state index in [2.05, 4.69) is 4.98 Å². The van der Waals surface area contributed by atoms with E-state index in [0.717, 1.165) is 19.3 Å². The van der Waals surface area contributed by atoms with Gasteiger partial charge in [0.1, 0.15) is 5.54 Å². The van der Waals surface area contributed by atoms with Crippen LogP contribution in [0.3, 0.4) is 0 Å². The van der Waals surface area contributed by atoms with Crippen molar-refractivity contribution in [3.63, 3.8) is 0 Å². The summed E-state index contributed by atoms with van der Waals surface area (Å²) in [5, 5.41) is 9.73. The summed E-state index contributed by atoms with van der Waals surface area (Å²) in [5.41, 5.74) is 0.247. The molecule has 2 aromatic rings. The Kier molecular flexibility index (Phi) is 3.95. The van der Waals surface area contributed by atoms with Gasteiger partial charge in [-0.15, -0.1) is 0 Å². The Bertz CT molecular complexity index is 858. The maximum Gasteiger partial charge on any atom is 0.329 e. The lowest BCUT2D eigenvalue weighted by Crippen LogP contribution is -2.56. The average molecular weight is 331 g/mol. The molecule has 0 radical (unpaired) electrons. The highest BCUT2D eigenvalue weighted by molar-refractivity contribution is 6.00. The van der Waals surface area contributed by atoms with Gasteiger partial charge in [-0.3, -0.25) is 9.36 Å². The fourth-order valence-electron chi connectivity index (χ4n) is 3.57. The number of nitrogens with one attached hydrogen (secondary N) is 1. The standard InChI is InChI=1S/C17H21N3O4/c1-19-13-10-11(6-7-12(13)18-16(19)24)14(21)20(2)17(15(22)23)8-4-3-5-9-17/h6-7,10H,3-5,8-9H2,1-2H3,(H,18,24)(H,22,23). The predicted molar refractivity (Wildman–Crippen MR) is 89.1 cm³/mol. The molecule has 1 aliphatic carbocycles.